The molecule has 4 aromatic rings. The molecule has 0 spiro atoms. The van der Waals surface area contributed by atoms with E-state index in [1.807, 2.05) is 80.7 Å². The lowest BCUT2D eigenvalue weighted by molar-refractivity contribution is -0.116. The minimum atomic E-state index is 0.00582. The maximum absolute atomic E-state index is 12.5. The van der Waals surface area contributed by atoms with Crippen molar-refractivity contribution < 1.29 is 4.79 Å². The number of anilines is 1. The molecular weight excluding hydrogens is 372 g/mol. The van der Waals surface area contributed by atoms with Crippen molar-refractivity contribution in [2.24, 2.45) is 0 Å². The molecule has 5 nitrogen and oxygen atoms in total. The fraction of sp³-hybridized carbons (Fsp3) is 0.240. The highest BCUT2D eigenvalue weighted by Crippen LogP contribution is 2.23. The van der Waals surface area contributed by atoms with Gasteiger partial charge in [-0.3, -0.25) is 4.79 Å². The number of rotatable bonds is 5. The van der Waals surface area contributed by atoms with Crippen molar-refractivity contribution in [3.63, 3.8) is 0 Å². The molecule has 0 atom stereocenters. The molecule has 0 bridgehead atoms. The van der Waals surface area contributed by atoms with Gasteiger partial charge in [-0.05, 0) is 51.3 Å². The summed E-state index contributed by atoms with van der Waals surface area (Å²) in [5, 5.41) is 7.78. The fourth-order valence-corrected chi connectivity index (χ4v) is 3.84. The highest BCUT2D eigenvalue weighted by molar-refractivity contribution is 5.91. The minimum Gasteiger partial charge on any atom is -0.326 e. The summed E-state index contributed by atoms with van der Waals surface area (Å²) in [7, 11) is 0. The molecule has 0 unspecified atom stereocenters. The number of hydrogen-bond acceptors (Lipinski definition) is 3. The third kappa shape index (κ3) is 3.96. The van der Waals surface area contributed by atoms with E-state index in [1.54, 1.807) is 0 Å². The van der Waals surface area contributed by atoms with Crippen molar-refractivity contribution in [3.8, 4) is 11.3 Å². The van der Waals surface area contributed by atoms with Crippen LogP contribution in [0.2, 0.25) is 0 Å². The normalized spacial score (nSPS) is 11.1. The summed E-state index contributed by atoms with van der Waals surface area (Å²) >= 11 is 0. The zero-order valence-corrected chi connectivity index (χ0v) is 17.9. The molecule has 0 radical (unpaired) electrons. The highest BCUT2D eigenvalue weighted by atomic mass is 16.1. The summed E-state index contributed by atoms with van der Waals surface area (Å²) in [6.07, 6.45) is 1.02. The predicted octanol–water partition coefficient (Wildman–Crippen LogP) is 5.20. The van der Waals surface area contributed by atoms with Crippen LogP contribution < -0.4 is 5.32 Å². The number of fused-ring (bicyclic) bond motifs is 1. The molecule has 152 valence electrons. The number of nitrogens with one attached hydrogen (secondary N) is 1. The maximum Gasteiger partial charge on any atom is 0.224 e. The van der Waals surface area contributed by atoms with E-state index in [9.17, 15) is 4.79 Å². The first-order valence-corrected chi connectivity index (χ1v) is 10.2. The van der Waals surface area contributed by atoms with Crippen molar-refractivity contribution in [2.45, 2.75) is 40.5 Å². The van der Waals surface area contributed by atoms with Crippen LogP contribution in [0.15, 0.2) is 54.6 Å². The lowest BCUT2D eigenvalue weighted by atomic mass is 10.1. The Kier molecular flexibility index (Phi) is 5.36. The van der Waals surface area contributed by atoms with Crippen LogP contribution in [0.1, 0.15) is 34.5 Å². The molecule has 4 rings (SSSR count). The van der Waals surface area contributed by atoms with Crippen molar-refractivity contribution in [2.75, 3.05) is 5.32 Å². The molecule has 0 aliphatic rings. The van der Waals surface area contributed by atoms with Gasteiger partial charge in [-0.2, -0.15) is 5.10 Å². The van der Waals surface area contributed by atoms with E-state index in [0.717, 1.165) is 45.1 Å². The van der Waals surface area contributed by atoms with Crippen molar-refractivity contribution in [3.05, 3.63) is 82.7 Å². The Labute approximate surface area is 176 Å². The van der Waals surface area contributed by atoms with Crippen LogP contribution in [-0.2, 0) is 11.2 Å². The summed E-state index contributed by atoms with van der Waals surface area (Å²) < 4.78 is 1.88. The van der Waals surface area contributed by atoms with Gasteiger partial charge in [-0.15, -0.1) is 0 Å². The van der Waals surface area contributed by atoms with Gasteiger partial charge in [0, 0.05) is 35.1 Å². The number of amides is 1. The highest BCUT2D eigenvalue weighted by Gasteiger charge is 2.14. The van der Waals surface area contributed by atoms with Gasteiger partial charge in [0.15, 0.2) is 5.65 Å². The molecule has 2 heterocycles. The molecule has 2 aromatic carbocycles. The number of aryl methyl sites for hydroxylation is 4. The van der Waals surface area contributed by atoms with E-state index in [4.69, 9.17) is 10.1 Å². The van der Waals surface area contributed by atoms with Gasteiger partial charge in [-0.25, -0.2) is 9.50 Å². The quantitative estimate of drug-likeness (QED) is 0.503. The molecule has 30 heavy (non-hydrogen) atoms. The van der Waals surface area contributed by atoms with Gasteiger partial charge in [0.1, 0.15) is 0 Å². The molecule has 5 heteroatoms. The summed E-state index contributed by atoms with van der Waals surface area (Å²) in [5.41, 5.74) is 8.96. The average molecular weight is 399 g/mol. The smallest absolute Gasteiger partial charge is 0.224 e. The van der Waals surface area contributed by atoms with E-state index in [2.05, 4.69) is 11.4 Å². The number of carbonyl (C=O) groups excluding carboxylic acids is 1. The van der Waals surface area contributed by atoms with Crippen LogP contribution in [0.5, 0.6) is 0 Å². The first-order chi connectivity index (χ1) is 14.4. The van der Waals surface area contributed by atoms with Gasteiger partial charge < -0.3 is 5.32 Å². The number of carbonyl (C=O) groups is 1. The van der Waals surface area contributed by atoms with Gasteiger partial charge in [-0.1, -0.05) is 48.0 Å². The average Bonchev–Trinajstić information content (AvgIpc) is 3.15. The van der Waals surface area contributed by atoms with Crippen LogP contribution in [0.3, 0.4) is 0 Å². The molecule has 0 aliphatic carbocycles. The zero-order valence-electron chi connectivity index (χ0n) is 17.9. The summed E-state index contributed by atoms with van der Waals surface area (Å²) in [6.45, 7) is 8.10. The predicted molar refractivity (Wildman–Crippen MR) is 121 cm³/mol. The second-order valence-corrected chi connectivity index (χ2v) is 7.79. The van der Waals surface area contributed by atoms with Crippen LogP contribution in [-0.4, -0.2) is 20.5 Å². The van der Waals surface area contributed by atoms with E-state index in [1.165, 1.54) is 5.56 Å². The Morgan fingerprint density at radius 2 is 1.77 bits per heavy atom. The Morgan fingerprint density at radius 3 is 2.50 bits per heavy atom. The number of benzene rings is 2. The molecule has 0 fully saturated rings. The van der Waals surface area contributed by atoms with E-state index >= 15 is 0 Å². The van der Waals surface area contributed by atoms with E-state index < -0.39 is 0 Å². The minimum absolute atomic E-state index is 0.00582. The Balaban J connectivity index is 1.54. The lowest BCUT2D eigenvalue weighted by Gasteiger charge is -2.12. The standard InChI is InChI=1S/C25H26N4O/c1-16-10-12-22(17(2)14-16)27-25(30)13-11-21-18(3)26-24-15-23(28-29(24)19(21)4)20-8-6-5-7-9-20/h5-10,12,14-15H,11,13H2,1-4H3,(H,27,30). The third-order valence-corrected chi connectivity index (χ3v) is 5.49. The molecule has 0 saturated carbocycles. The second kappa shape index (κ2) is 8.11. The second-order valence-electron chi connectivity index (χ2n) is 7.79. The maximum atomic E-state index is 12.5. The van der Waals surface area contributed by atoms with Gasteiger partial charge >= 0.3 is 0 Å². The molecule has 1 amide bonds. The van der Waals surface area contributed by atoms with Crippen LogP contribution in [0.4, 0.5) is 5.69 Å². The van der Waals surface area contributed by atoms with Gasteiger partial charge in [0.05, 0.1) is 5.69 Å². The number of hydrogen-bond donors (Lipinski definition) is 1. The monoisotopic (exact) mass is 398 g/mol. The number of aromatic nitrogens is 3. The SMILES string of the molecule is Cc1ccc(NC(=O)CCc2c(C)nc3cc(-c4ccccc4)nn3c2C)c(C)c1. The number of nitrogens with zero attached hydrogens (tertiary/aromatic N) is 3. The summed E-state index contributed by atoms with van der Waals surface area (Å²) in [5.74, 6) is 0.00582. The van der Waals surface area contributed by atoms with E-state index in [0.29, 0.717) is 12.8 Å². The first-order valence-electron chi connectivity index (χ1n) is 10.2. The Bertz CT molecular complexity index is 1230. The topological polar surface area (TPSA) is 59.3 Å². The van der Waals surface area contributed by atoms with Gasteiger partial charge in [0.25, 0.3) is 0 Å². The molecule has 2 aromatic heterocycles. The Hall–Kier alpha value is -3.47. The molecule has 1 N–H and O–H groups in total. The molecule has 0 aliphatic heterocycles. The van der Waals surface area contributed by atoms with E-state index in [-0.39, 0.29) is 5.91 Å². The molecular formula is C25H26N4O. The molecule has 0 saturated heterocycles. The van der Waals surface area contributed by atoms with Crippen LogP contribution >= 0.6 is 0 Å². The summed E-state index contributed by atoms with van der Waals surface area (Å²) in [6, 6.07) is 18.1. The van der Waals surface area contributed by atoms with Crippen molar-refractivity contribution in [1.29, 1.82) is 0 Å². The van der Waals surface area contributed by atoms with Crippen molar-refractivity contribution in [1.82, 2.24) is 14.6 Å². The Morgan fingerprint density at radius 1 is 1.00 bits per heavy atom. The van der Waals surface area contributed by atoms with Crippen molar-refractivity contribution >= 4 is 17.2 Å². The van der Waals surface area contributed by atoms with Crippen LogP contribution in [0.25, 0.3) is 16.9 Å². The van der Waals surface area contributed by atoms with Gasteiger partial charge in [0.2, 0.25) is 5.91 Å². The van der Waals surface area contributed by atoms with Crippen LogP contribution in [0, 0.1) is 27.7 Å². The zero-order chi connectivity index (χ0) is 21.3. The lowest BCUT2D eigenvalue weighted by Crippen LogP contribution is -2.15. The summed E-state index contributed by atoms with van der Waals surface area (Å²) in [4.78, 5) is 17.3. The largest absolute Gasteiger partial charge is 0.326 e. The third-order valence-electron chi connectivity index (χ3n) is 5.49. The first kappa shape index (κ1) is 19.8. The fourth-order valence-electron chi connectivity index (χ4n) is 3.84.